The average molecular weight is 427 g/mol. The highest BCUT2D eigenvalue weighted by Gasteiger charge is 2.40. The lowest BCUT2D eigenvalue weighted by molar-refractivity contribution is -0.145. The first-order chi connectivity index (χ1) is 14.0. The lowest BCUT2D eigenvalue weighted by Crippen LogP contribution is -2.45. The van der Waals surface area contributed by atoms with Crippen molar-refractivity contribution in [1.82, 2.24) is 15.8 Å². The minimum absolute atomic E-state index is 0.0301. The summed E-state index contributed by atoms with van der Waals surface area (Å²) >= 11 is 0. The topological polar surface area (TPSA) is 97.0 Å². The number of halogens is 2. The van der Waals surface area contributed by atoms with E-state index in [4.69, 9.17) is 9.47 Å². The van der Waals surface area contributed by atoms with Gasteiger partial charge >= 0.3 is 12.1 Å². The van der Waals surface area contributed by atoms with Crippen LogP contribution in [0, 0.1) is 17.6 Å². The minimum atomic E-state index is -0.783. The number of benzene rings is 1. The van der Waals surface area contributed by atoms with Crippen molar-refractivity contribution in [2.45, 2.75) is 38.7 Å². The van der Waals surface area contributed by atoms with Crippen molar-refractivity contribution < 1.29 is 32.6 Å². The lowest BCUT2D eigenvalue weighted by Gasteiger charge is -2.20. The van der Waals surface area contributed by atoms with Gasteiger partial charge in [-0.2, -0.15) is 0 Å². The maximum Gasteiger partial charge on any atom is 0.426 e. The summed E-state index contributed by atoms with van der Waals surface area (Å²) in [5.41, 5.74) is 3.94. The fourth-order valence-corrected chi connectivity index (χ4v) is 3.32. The van der Waals surface area contributed by atoms with E-state index in [0.717, 1.165) is 12.1 Å². The fourth-order valence-electron chi connectivity index (χ4n) is 3.32. The summed E-state index contributed by atoms with van der Waals surface area (Å²) in [5, 5.41) is 0. The molecule has 30 heavy (non-hydrogen) atoms. The number of likely N-dealkylation sites (tertiary alicyclic amines) is 1. The van der Waals surface area contributed by atoms with E-state index >= 15 is 0 Å². The van der Waals surface area contributed by atoms with Crippen molar-refractivity contribution in [2.75, 3.05) is 26.7 Å². The number of methoxy groups -OCH3 is 1. The summed E-state index contributed by atoms with van der Waals surface area (Å²) in [7, 11) is 1.25. The summed E-state index contributed by atoms with van der Waals surface area (Å²) in [6.45, 7) is 5.92. The Morgan fingerprint density at radius 1 is 1.17 bits per heavy atom. The second-order valence-corrected chi connectivity index (χ2v) is 8.09. The van der Waals surface area contributed by atoms with Gasteiger partial charge in [0.1, 0.15) is 17.2 Å². The van der Waals surface area contributed by atoms with Crippen LogP contribution in [0.25, 0.3) is 0 Å². The fraction of sp³-hybridized carbons (Fsp3) is 0.550. The molecule has 166 valence electrons. The number of rotatable bonds is 5. The first-order valence-corrected chi connectivity index (χ1v) is 9.53. The van der Waals surface area contributed by atoms with E-state index < -0.39 is 47.0 Å². The van der Waals surface area contributed by atoms with Crippen LogP contribution in [-0.4, -0.2) is 55.2 Å². The smallest absolute Gasteiger partial charge is 0.426 e. The van der Waals surface area contributed by atoms with Gasteiger partial charge in [0, 0.05) is 38.0 Å². The van der Waals surface area contributed by atoms with Gasteiger partial charge in [0.05, 0.1) is 13.0 Å². The first-order valence-electron chi connectivity index (χ1n) is 9.53. The Bertz CT molecular complexity index is 797. The number of hydrogen-bond donors (Lipinski definition) is 2. The van der Waals surface area contributed by atoms with Crippen LogP contribution in [0.4, 0.5) is 13.6 Å². The zero-order chi connectivity index (χ0) is 22.5. The number of hydrogen-bond acceptors (Lipinski definition) is 6. The van der Waals surface area contributed by atoms with Crippen LogP contribution in [-0.2, 0) is 19.1 Å². The minimum Gasteiger partial charge on any atom is -0.469 e. The van der Waals surface area contributed by atoms with Crippen molar-refractivity contribution in [3.05, 3.63) is 35.4 Å². The van der Waals surface area contributed by atoms with E-state index in [1.807, 2.05) is 4.90 Å². The van der Waals surface area contributed by atoms with Gasteiger partial charge in [-0.15, -0.1) is 0 Å². The molecule has 1 heterocycles. The van der Waals surface area contributed by atoms with E-state index in [1.165, 1.54) is 13.2 Å². The van der Waals surface area contributed by atoms with Gasteiger partial charge in [0.2, 0.25) is 5.91 Å². The van der Waals surface area contributed by atoms with Crippen LogP contribution < -0.4 is 10.9 Å². The predicted octanol–water partition coefficient (Wildman–Crippen LogP) is 2.10. The molecular formula is C20H27F2N3O5. The molecule has 2 atom stereocenters. The Kier molecular flexibility index (Phi) is 7.71. The number of ether oxygens (including phenoxy) is 2. The lowest BCUT2D eigenvalue weighted by atomic mass is 9.88. The van der Waals surface area contributed by atoms with Crippen molar-refractivity contribution in [3.8, 4) is 0 Å². The molecule has 1 aromatic carbocycles. The molecule has 2 N–H and O–H groups in total. The molecule has 0 radical (unpaired) electrons. The van der Waals surface area contributed by atoms with Crippen molar-refractivity contribution in [3.63, 3.8) is 0 Å². The SMILES string of the molecule is COC(=O)C1CN(CCC(=O)NNC(=O)OC(C)(C)C)C[C@H]1c1ccc(F)cc1F. The predicted molar refractivity (Wildman–Crippen MR) is 103 cm³/mol. The Morgan fingerprint density at radius 2 is 1.87 bits per heavy atom. The number of carbonyl (C=O) groups is 3. The van der Waals surface area contributed by atoms with Crippen molar-refractivity contribution in [1.29, 1.82) is 0 Å². The van der Waals surface area contributed by atoms with E-state index in [-0.39, 0.29) is 25.1 Å². The Labute approximate surface area is 173 Å². The van der Waals surface area contributed by atoms with Gasteiger partial charge in [-0.25, -0.2) is 19.0 Å². The summed E-state index contributed by atoms with van der Waals surface area (Å²) in [6.07, 6.45) is -0.753. The number of hydrazine groups is 1. The summed E-state index contributed by atoms with van der Waals surface area (Å²) in [4.78, 5) is 37.5. The zero-order valence-electron chi connectivity index (χ0n) is 17.5. The highest BCUT2D eigenvalue weighted by atomic mass is 19.1. The molecule has 0 bridgehead atoms. The largest absolute Gasteiger partial charge is 0.469 e. The third kappa shape index (κ3) is 6.65. The molecule has 10 heteroatoms. The van der Waals surface area contributed by atoms with E-state index in [0.29, 0.717) is 6.54 Å². The molecule has 1 aromatic rings. The quantitative estimate of drug-likeness (QED) is 0.552. The molecule has 8 nitrogen and oxygen atoms in total. The van der Waals surface area contributed by atoms with Crippen LogP contribution in [0.15, 0.2) is 18.2 Å². The molecule has 1 aliphatic heterocycles. The molecule has 1 aliphatic rings. The van der Waals surface area contributed by atoms with Gasteiger partial charge in [0.25, 0.3) is 0 Å². The van der Waals surface area contributed by atoms with E-state index in [9.17, 15) is 23.2 Å². The van der Waals surface area contributed by atoms with Crippen molar-refractivity contribution in [2.24, 2.45) is 5.92 Å². The van der Waals surface area contributed by atoms with E-state index in [1.54, 1.807) is 20.8 Å². The Morgan fingerprint density at radius 3 is 2.47 bits per heavy atom. The highest BCUT2D eigenvalue weighted by molar-refractivity contribution is 5.79. The summed E-state index contributed by atoms with van der Waals surface area (Å²) < 4.78 is 37.3. The molecule has 1 fully saturated rings. The van der Waals surface area contributed by atoms with Gasteiger partial charge < -0.3 is 14.4 Å². The Hall–Kier alpha value is -2.75. The normalized spacial score (nSPS) is 19.3. The third-order valence-corrected chi connectivity index (χ3v) is 4.62. The highest BCUT2D eigenvalue weighted by Crippen LogP contribution is 2.35. The standard InChI is InChI=1S/C20H27F2N3O5/c1-20(2,3)30-19(28)24-23-17(26)7-8-25-10-14(15(11-25)18(27)29-4)13-6-5-12(21)9-16(13)22/h5-6,9,14-15H,7-8,10-11H2,1-4H3,(H,23,26)(H,24,28)/t14-,15?/m0/s1. The van der Waals surface area contributed by atoms with Crippen LogP contribution in [0.5, 0.6) is 0 Å². The number of nitrogens with one attached hydrogen (secondary N) is 2. The van der Waals surface area contributed by atoms with Crippen LogP contribution in [0.1, 0.15) is 38.7 Å². The maximum atomic E-state index is 14.3. The number of amides is 2. The molecule has 2 rings (SSSR count). The monoisotopic (exact) mass is 427 g/mol. The van der Waals surface area contributed by atoms with E-state index in [2.05, 4.69) is 10.9 Å². The molecule has 0 spiro atoms. The molecular weight excluding hydrogens is 400 g/mol. The molecule has 1 unspecified atom stereocenters. The summed E-state index contributed by atoms with van der Waals surface area (Å²) in [6, 6.07) is 3.25. The Balaban J connectivity index is 1.93. The first kappa shape index (κ1) is 23.5. The second-order valence-electron chi connectivity index (χ2n) is 8.09. The maximum absolute atomic E-state index is 14.3. The molecule has 1 saturated heterocycles. The molecule has 0 saturated carbocycles. The average Bonchev–Trinajstić information content (AvgIpc) is 3.06. The second kappa shape index (κ2) is 9.84. The zero-order valence-corrected chi connectivity index (χ0v) is 17.5. The van der Waals surface area contributed by atoms with Crippen LogP contribution in [0.2, 0.25) is 0 Å². The molecule has 0 aromatic heterocycles. The van der Waals surface area contributed by atoms with Crippen molar-refractivity contribution >= 4 is 18.0 Å². The molecule has 2 amide bonds. The van der Waals surface area contributed by atoms with Gasteiger partial charge in [-0.1, -0.05) is 6.07 Å². The van der Waals surface area contributed by atoms with Gasteiger partial charge in [-0.05, 0) is 32.4 Å². The summed E-state index contributed by atoms with van der Waals surface area (Å²) in [5.74, 6) is -3.54. The number of nitrogens with zero attached hydrogens (tertiary/aromatic N) is 1. The van der Waals surface area contributed by atoms with Crippen LogP contribution in [0.3, 0.4) is 0 Å². The van der Waals surface area contributed by atoms with Gasteiger partial charge in [-0.3, -0.25) is 15.0 Å². The number of carbonyl (C=O) groups excluding carboxylic acids is 3. The third-order valence-electron chi connectivity index (χ3n) is 4.62. The molecule has 0 aliphatic carbocycles. The van der Waals surface area contributed by atoms with Gasteiger partial charge in [0.15, 0.2) is 0 Å². The van der Waals surface area contributed by atoms with Crippen LogP contribution >= 0.6 is 0 Å². The number of esters is 1.